The van der Waals surface area contributed by atoms with Gasteiger partial charge in [-0.1, -0.05) is 36.4 Å². The molecule has 0 unspecified atom stereocenters. The summed E-state index contributed by atoms with van der Waals surface area (Å²) in [5, 5.41) is 6.65. The smallest absolute Gasteiger partial charge is 0.262 e. The number of sulfonamides is 1. The molecule has 0 saturated carbocycles. The molecule has 1 heterocycles. The SMILES string of the molecule is CCC(=O)Nc1c(C)noc1C=Cc1ccc(S(=O)(=O)Nc2cc(C)ccc2OC)cc1. The van der Waals surface area contributed by atoms with Crippen LogP contribution >= 0.6 is 0 Å². The zero-order chi connectivity index (χ0) is 23.3. The molecular formula is C23H25N3O5S. The van der Waals surface area contributed by atoms with Crippen LogP contribution in [0.2, 0.25) is 0 Å². The molecule has 0 radical (unpaired) electrons. The van der Waals surface area contributed by atoms with Crippen molar-refractivity contribution >= 4 is 39.5 Å². The van der Waals surface area contributed by atoms with E-state index in [9.17, 15) is 13.2 Å². The van der Waals surface area contributed by atoms with E-state index in [4.69, 9.17) is 9.26 Å². The second-order valence-corrected chi connectivity index (χ2v) is 8.80. The molecule has 0 saturated heterocycles. The van der Waals surface area contributed by atoms with Gasteiger partial charge in [0, 0.05) is 6.42 Å². The summed E-state index contributed by atoms with van der Waals surface area (Å²) in [7, 11) is -2.31. The molecule has 3 aromatic rings. The number of methoxy groups -OCH3 is 1. The third-order valence-corrected chi connectivity index (χ3v) is 6.07. The van der Waals surface area contributed by atoms with Crippen molar-refractivity contribution in [2.45, 2.75) is 32.1 Å². The van der Waals surface area contributed by atoms with Gasteiger partial charge in [-0.15, -0.1) is 0 Å². The highest BCUT2D eigenvalue weighted by Crippen LogP contribution is 2.28. The maximum Gasteiger partial charge on any atom is 0.262 e. The van der Waals surface area contributed by atoms with Crippen molar-refractivity contribution in [1.29, 1.82) is 0 Å². The summed E-state index contributed by atoms with van der Waals surface area (Å²) < 4.78 is 38.7. The molecule has 0 aliphatic heterocycles. The third-order valence-electron chi connectivity index (χ3n) is 4.69. The largest absolute Gasteiger partial charge is 0.495 e. The van der Waals surface area contributed by atoms with Crippen LogP contribution in [0.15, 0.2) is 51.9 Å². The number of benzene rings is 2. The minimum Gasteiger partial charge on any atom is -0.495 e. The van der Waals surface area contributed by atoms with Gasteiger partial charge in [-0.25, -0.2) is 8.42 Å². The quantitative estimate of drug-likeness (QED) is 0.513. The fourth-order valence-electron chi connectivity index (χ4n) is 2.92. The Kier molecular flexibility index (Phi) is 6.99. The summed E-state index contributed by atoms with van der Waals surface area (Å²) in [6, 6.07) is 11.6. The fourth-order valence-corrected chi connectivity index (χ4v) is 3.98. The standard InChI is InChI=1S/C23H25N3O5S/c1-5-22(27)24-23-16(3)25-31-21(23)13-9-17-7-10-18(11-8-17)32(28,29)26-19-14-15(2)6-12-20(19)30-4/h6-14,26H,5H2,1-4H3,(H,24,27). The molecule has 32 heavy (non-hydrogen) atoms. The van der Waals surface area contributed by atoms with Gasteiger partial charge in [-0.05, 0) is 55.3 Å². The Morgan fingerprint density at radius 3 is 2.50 bits per heavy atom. The van der Waals surface area contributed by atoms with Crippen molar-refractivity contribution in [3.05, 3.63) is 65.0 Å². The van der Waals surface area contributed by atoms with E-state index in [1.54, 1.807) is 50.3 Å². The predicted molar refractivity (Wildman–Crippen MR) is 124 cm³/mol. The Bertz CT molecular complexity index is 1250. The first kappa shape index (κ1) is 23.1. The molecule has 8 nitrogen and oxygen atoms in total. The van der Waals surface area contributed by atoms with Crippen LogP contribution in [-0.4, -0.2) is 26.6 Å². The molecule has 0 aliphatic rings. The number of amides is 1. The first-order valence-electron chi connectivity index (χ1n) is 9.95. The van der Waals surface area contributed by atoms with E-state index in [1.807, 2.05) is 13.0 Å². The topological polar surface area (TPSA) is 111 Å². The Hall–Kier alpha value is -3.59. The van der Waals surface area contributed by atoms with Gasteiger partial charge >= 0.3 is 0 Å². The van der Waals surface area contributed by atoms with Crippen molar-refractivity contribution in [3.63, 3.8) is 0 Å². The minimum atomic E-state index is -3.80. The molecule has 9 heteroatoms. The van der Waals surface area contributed by atoms with Crippen LogP contribution < -0.4 is 14.8 Å². The number of nitrogens with one attached hydrogen (secondary N) is 2. The van der Waals surface area contributed by atoms with Gasteiger partial charge in [0.25, 0.3) is 10.0 Å². The first-order chi connectivity index (χ1) is 15.2. The number of carbonyl (C=O) groups excluding carboxylic acids is 1. The van der Waals surface area contributed by atoms with Gasteiger partial charge in [0.15, 0.2) is 5.76 Å². The average Bonchev–Trinajstić information content (AvgIpc) is 3.11. The number of ether oxygens (including phenoxy) is 1. The average molecular weight is 456 g/mol. The maximum absolute atomic E-state index is 12.8. The second-order valence-electron chi connectivity index (χ2n) is 7.12. The fraction of sp³-hybridized carbons (Fsp3) is 0.217. The van der Waals surface area contributed by atoms with Crippen molar-refractivity contribution in [2.75, 3.05) is 17.1 Å². The number of nitrogens with zero attached hydrogens (tertiary/aromatic N) is 1. The molecule has 0 aliphatic carbocycles. The lowest BCUT2D eigenvalue weighted by Gasteiger charge is -2.12. The molecule has 168 valence electrons. The maximum atomic E-state index is 12.8. The van der Waals surface area contributed by atoms with Gasteiger partial charge in [0.05, 0.1) is 17.7 Å². The second kappa shape index (κ2) is 9.69. The lowest BCUT2D eigenvalue weighted by Crippen LogP contribution is -2.13. The zero-order valence-corrected chi connectivity index (χ0v) is 19.1. The van der Waals surface area contributed by atoms with Gasteiger partial charge in [0.2, 0.25) is 5.91 Å². The highest BCUT2D eigenvalue weighted by Gasteiger charge is 2.17. The van der Waals surface area contributed by atoms with E-state index < -0.39 is 10.0 Å². The van der Waals surface area contributed by atoms with Crippen molar-refractivity contribution in [3.8, 4) is 5.75 Å². The van der Waals surface area contributed by atoms with E-state index in [2.05, 4.69) is 15.2 Å². The van der Waals surface area contributed by atoms with E-state index in [0.29, 0.717) is 35.0 Å². The first-order valence-corrected chi connectivity index (χ1v) is 11.4. The van der Waals surface area contributed by atoms with Crippen molar-refractivity contribution in [2.24, 2.45) is 0 Å². The summed E-state index contributed by atoms with van der Waals surface area (Å²) in [4.78, 5) is 11.8. The van der Waals surface area contributed by atoms with E-state index in [-0.39, 0.29) is 10.8 Å². The summed E-state index contributed by atoms with van der Waals surface area (Å²) in [6.45, 7) is 5.36. The Balaban J connectivity index is 1.78. The molecule has 1 amide bonds. The minimum absolute atomic E-state index is 0.115. The van der Waals surface area contributed by atoms with Crippen LogP contribution in [0, 0.1) is 13.8 Å². The summed E-state index contributed by atoms with van der Waals surface area (Å²) >= 11 is 0. The molecule has 2 N–H and O–H groups in total. The number of aromatic nitrogens is 1. The molecule has 0 atom stereocenters. The van der Waals surface area contributed by atoms with Gasteiger partial charge < -0.3 is 14.6 Å². The van der Waals surface area contributed by atoms with Crippen LogP contribution in [0.5, 0.6) is 5.75 Å². The number of rotatable bonds is 8. The van der Waals surface area contributed by atoms with Gasteiger partial charge in [0.1, 0.15) is 17.1 Å². The Morgan fingerprint density at radius 2 is 1.84 bits per heavy atom. The number of hydrogen-bond acceptors (Lipinski definition) is 6. The Morgan fingerprint density at radius 1 is 1.12 bits per heavy atom. The molecular weight excluding hydrogens is 430 g/mol. The zero-order valence-electron chi connectivity index (χ0n) is 18.3. The van der Waals surface area contributed by atoms with Crippen LogP contribution in [0.25, 0.3) is 12.2 Å². The third kappa shape index (κ3) is 5.36. The summed E-state index contributed by atoms with van der Waals surface area (Å²) in [5.74, 6) is 0.708. The van der Waals surface area contributed by atoms with Crippen LogP contribution in [0.1, 0.15) is 35.9 Å². The number of anilines is 2. The van der Waals surface area contributed by atoms with E-state index in [1.165, 1.54) is 19.2 Å². The van der Waals surface area contributed by atoms with Gasteiger partial charge in [-0.3, -0.25) is 9.52 Å². The summed E-state index contributed by atoms with van der Waals surface area (Å²) in [5.41, 5.74) is 3.12. The number of aryl methyl sites for hydroxylation is 2. The lowest BCUT2D eigenvalue weighted by atomic mass is 10.2. The highest BCUT2D eigenvalue weighted by molar-refractivity contribution is 7.92. The Labute approximate surface area is 187 Å². The molecule has 0 spiro atoms. The van der Waals surface area contributed by atoms with Crippen molar-refractivity contribution in [1.82, 2.24) is 5.16 Å². The molecule has 0 fully saturated rings. The van der Waals surface area contributed by atoms with Crippen molar-refractivity contribution < 1.29 is 22.5 Å². The van der Waals surface area contributed by atoms with Crippen LogP contribution in [-0.2, 0) is 14.8 Å². The predicted octanol–water partition coefficient (Wildman–Crippen LogP) is 4.62. The number of hydrogen-bond donors (Lipinski definition) is 2. The summed E-state index contributed by atoms with van der Waals surface area (Å²) in [6.07, 6.45) is 3.76. The number of carbonyl (C=O) groups is 1. The molecule has 3 rings (SSSR count). The normalized spacial score (nSPS) is 11.5. The molecule has 0 bridgehead atoms. The monoisotopic (exact) mass is 455 g/mol. The van der Waals surface area contributed by atoms with Crippen LogP contribution in [0.3, 0.4) is 0 Å². The van der Waals surface area contributed by atoms with E-state index in [0.717, 1.165) is 11.1 Å². The van der Waals surface area contributed by atoms with Gasteiger partial charge in [-0.2, -0.15) is 0 Å². The lowest BCUT2D eigenvalue weighted by molar-refractivity contribution is -0.115. The molecule has 2 aromatic carbocycles. The van der Waals surface area contributed by atoms with Crippen LogP contribution in [0.4, 0.5) is 11.4 Å². The molecule has 1 aromatic heterocycles. The van der Waals surface area contributed by atoms with E-state index >= 15 is 0 Å². The highest BCUT2D eigenvalue weighted by atomic mass is 32.2.